The first-order valence-corrected chi connectivity index (χ1v) is 7.57. The van der Waals surface area contributed by atoms with Crippen molar-refractivity contribution in [2.75, 3.05) is 31.1 Å². The first-order chi connectivity index (χ1) is 9.85. The highest BCUT2D eigenvalue weighted by Gasteiger charge is 2.24. The summed E-state index contributed by atoms with van der Waals surface area (Å²) < 4.78 is 5.42. The van der Waals surface area contributed by atoms with E-state index in [4.69, 9.17) is 16.3 Å². The molecule has 6 heteroatoms. The minimum absolute atomic E-state index is 0.242. The zero-order chi connectivity index (χ0) is 15.5. The van der Waals surface area contributed by atoms with E-state index in [-0.39, 0.29) is 6.09 Å². The minimum atomic E-state index is -0.458. The maximum absolute atomic E-state index is 12.1. The van der Waals surface area contributed by atoms with E-state index in [0.717, 1.165) is 25.3 Å². The van der Waals surface area contributed by atoms with Gasteiger partial charge in [0.25, 0.3) is 0 Å². The molecule has 1 aromatic rings. The molecule has 0 radical (unpaired) electrons. The molecule has 1 amide bonds. The second kappa shape index (κ2) is 6.52. The molecule has 2 rings (SSSR count). The SMILES string of the molecule is CC(C)(C)OC(=O)N1CCCN(c2ccc(Cl)cn2)CC1. The Balaban J connectivity index is 1.95. The van der Waals surface area contributed by atoms with E-state index < -0.39 is 5.60 Å². The van der Waals surface area contributed by atoms with Gasteiger partial charge in [0, 0.05) is 32.4 Å². The number of hydrogen-bond acceptors (Lipinski definition) is 4. The Hall–Kier alpha value is -1.49. The van der Waals surface area contributed by atoms with Crippen LogP contribution in [0.3, 0.4) is 0 Å². The van der Waals surface area contributed by atoms with Gasteiger partial charge in [-0.05, 0) is 39.3 Å². The molecule has 0 bridgehead atoms. The van der Waals surface area contributed by atoms with Crippen LogP contribution in [0.2, 0.25) is 5.02 Å². The molecule has 0 aromatic carbocycles. The molecule has 0 saturated carbocycles. The van der Waals surface area contributed by atoms with Gasteiger partial charge in [-0.1, -0.05) is 11.6 Å². The summed E-state index contributed by atoms with van der Waals surface area (Å²) in [5.74, 6) is 0.894. The lowest BCUT2D eigenvalue weighted by atomic mass is 10.2. The second-order valence-corrected chi connectivity index (χ2v) is 6.58. The molecular weight excluding hydrogens is 290 g/mol. The molecule has 0 spiro atoms. The average Bonchev–Trinajstić information content (AvgIpc) is 2.63. The van der Waals surface area contributed by atoms with Gasteiger partial charge in [-0.15, -0.1) is 0 Å². The van der Waals surface area contributed by atoms with Crippen molar-refractivity contribution in [1.29, 1.82) is 0 Å². The van der Waals surface area contributed by atoms with Crippen LogP contribution in [-0.2, 0) is 4.74 Å². The fourth-order valence-corrected chi connectivity index (χ4v) is 2.32. The van der Waals surface area contributed by atoms with Gasteiger partial charge >= 0.3 is 6.09 Å². The molecule has 1 aromatic heterocycles. The zero-order valence-electron chi connectivity index (χ0n) is 12.8. The molecule has 0 N–H and O–H groups in total. The first-order valence-electron chi connectivity index (χ1n) is 7.19. The van der Waals surface area contributed by atoms with Crippen molar-refractivity contribution in [2.24, 2.45) is 0 Å². The summed E-state index contributed by atoms with van der Waals surface area (Å²) in [5, 5.41) is 0.629. The third-order valence-electron chi connectivity index (χ3n) is 3.18. The van der Waals surface area contributed by atoms with Crippen LogP contribution in [0.4, 0.5) is 10.6 Å². The molecule has 2 heterocycles. The minimum Gasteiger partial charge on any atom is -0.444 e. The Kier molecular flexibility index (Phi) is 4.93. The Bertz CT molecular complexity index is 485. The molecule has 1 aliphatic heterocycles. The van der Waals surface area contributed by atoms with Crippen molar-refractivity contribution in [1.82, 2.24) is 9.88 Å². The highest BCUT2D eigenvalue weighted by molar-refractivity contribution is 6.30. The zero-order valence-corrected chi connectivity index (χ0v) is 13.6. The number of aromatic nitrogens is 1. The smallest absolute Gasteiger partial charge is 0.410 e. The topological polar surface area (TPSA) is 45.7 Å². The first kappa shape index (κ1) is 15.9. The molecule has 1 saturated heterocycles. The standard InChI is InChI=1S/C15H22ClN3O2/c1-15(2,3)21-14(20)19-8-4-7-18(9-10-19)13-6-5-12(16)11-17-13/h5-6,11H,4,7-10H2,1-3H3. The van der Waals surface area contributed by atoms with Crippen LogP contribution in [0.15, 0.2) is 18.3 Å². The van der Waals surface area contributed by atoms with E-state index >= 15 is 0 Å². The van der Waals surface area contributed by atoms with Gasteiger partial charge in [-0.25, -0.2) is 9.78 Å². The molecule has 1 aliphatic rings. The molecule has 0 unspecified atom stereocenters. The van der Waals surface area contributed by atoms with Crippen LogP contribution in [0.5, 0.6) is 0 Å². The number of anilines is 1. The average molecular weight is 312 g/mol. The quantitative estimate of drug-likeness (QED) is 0.799. The Morgan fingerprint density at radius 2 is 2.00 bits per heavy atom. The number of pyridine rings is 1. The monoisotopic (exact) mass is 311 g/mol. The number of carbonyl (C=O) groups excluding carboxylic acids is 1. The van der Waals surface area contributed by atoms with E-state index in [1.807, 2.05) is 32.9 Å². The van der Waals surface area contributed by atoms with Crippen molar-refractivity contribution in [3.8, 4) is 0 Å². The van der Waals surface area contributed by atoms with E-state index in [9.17, 15) is 4.79 Å². The maximum Gasteiger partial charge on any atom is 0.410 e. The van der Waals surface area contributed by atoms with Crippen molar-refractivity contribution < 1.29 is 9.53 Å². The summed E-state index contributed by atoms with van der Waals surface area (Å²) in [7, 11) is 0. The number of carbonyl (C=O) groups is 1. The van der Waals surface area contributed by atoms with Crippen molar-refractivity contribution in [3.63, 3.8) is 0 Å². The molecule has 116 valence electrons. The van der Waals surface area contributed by atoms with Gasteiger partial charge in [0.2, 0.25) is 0 Å². The summed E-state index contributed by atoms with van der Waals surface area (Å²) in [4.78, 5) is 20.4. The molecule has 0 atom stereocenters. The number of ether oxygens (including phenoxy) is 1. The highest BCUT2D eigenvalue weighted by Crippen LogP contribution is 2.17. The fraction of sp³-hybridized carbons (Fsp3) is 0.600. The van der Waals surface area contributed by atoms with Gasteiger partial charge in [0.05, 0.1) is 5.02 Å². The number of amides is 1. The van der Waals surface area contributed by atoms with Crippen LogP contribution in [0.25, 0.3) is 0 Å². The summed E-state index contributed by atoms with van der Waals surface area (Å²) in [6.07, 6.45) is 2.30. The van der Waals surface area contributed by atoms with Crippen molar-refractivity contribution in [2.45, 2.75) is 32.8 Å². The van der Waals surface area contributed by atoms with Gasteiger partial charge in [0.1, 0.15) is 11.4 Å². The van der Waals surface area contributed by atoms with Crippen molar-refractivity contribution in [3.05, 3.63) is 23.4 Å². The van der Waals surface area contributed by atoms with Crippen LogP contribution >= 0.6 is 11.6 Å². The van der Waals surface area contributed by atoms with E-state index in [0.29, 0.717) is 18.1 Å². The maximum atomic E-state index is 12.1. The van der Waals surface area contributed by atoms with Gasteiger partial charge < -0.3 is 14.5 Å². The summed E-state index contributed by atoms with van der Waals surface area (Å²) >= 11 is 5.86. The largest absolute Gasteiger partial charge is 0.444 e. The predicted molar refractivity (Wildman–Crippen MR) is 83.9 cm³/mol. The van der Waals surface area contributed by atoms with Crippen LogP contribution in [-0.4, -0.2) is 47.8 Å². The number of nitrogens with zero attached hydrogens (tertiary/aromatic N) is 3. The fourth-order valence-electron chi connectivity index (χ4n) is 2.21. The molecule has 21 heavy (non-hydrogen) atoms. The third-order valence-corrected chi connectivity index (χ3v) is 3.41. The highest BCUT2D eigenvalue weighted by atomic mass is 35.5. The lowest BCUT2D eigenvalue weighted by Crippen LogP contribution is -2.39. The summed E-state index contributed by atoms with van der Waals surface area (Å²) in [6.45, 7) is 8.60. The second-order valence-electron chi connectivity index (χ2n) is 6.14. The number of rotatable bonds is 1. The normalized spacial score (nSPS) is 16.6. The number of halogens is 1. The lowest BCUT2D eigenvalue weighted by Gasteiger charge is -2.26. The van der Waals surface area contributed by atoms with Gasteiger partial charge in [-0.3, -0.25) is 0 Å². The summed E-state index contributed by atoms with van der Waals surface area (Å²) in [6, 6.07) is 3.74. The summed E-state index contributed by atoms with van der Waals surface area (Å²) in [5.41, 5.74) is -0.458. The Morgan fingerprint density at radius 3 is 2.62 bits per heavy atom. The van der Waals surface area contributed by atoms with Crippen molar-refractivity contribution >= 4 is 23.5 Å². The van der Waals surface area contributed by atoms with Crippen LogP contribution in [0, 0.1) is 0 Å². The number of hydrogen-bond donors (Lipinski definition) is 0. The molecular formula is C15H22ClN3O2. The third kappa shape index (κ3) is 4.77. The Morgan fingerprint density at radius 1 is 1.24 bits per heavy atom. The van der Waals surface area contributed by atoms with Crippen LogP contribution < -0.4 is 4.90 Å². The molecule has 5 nitrogen and oxygen atoms in total. The van der Waals surface area contributed by atoms with Crippen LogP contribution in [0.1, 0.15) is 27.2 Å². The Labute approximate surface area is 130 Å². The molecule has 0 aliphatic carbocycles. The van der Waals surface area contributed by atoms with Gasteiger partial charge in [0.15, 0.2) is 0 Å². The predicted octanol–water partition coefficient (Wildman–Crippen LogP) is 3.18. The van der Waals surface area contributed by atoms with E-state index in [2.05, 4.69) is 9.88 Å². The van der Waals surface area contributed by atoms with E-state index in [1.54, 1.807) is 11.1 Å². The van der Waals surface area contributed by atoms with E-state index in [1.165, 1.54) is 0 Å². The molecule has 1 fully saturated rings. The lowest BCUT2D eigenvalue weighted by molar-refractivity contribution is 0.0263. The van der Waals surface area contributed by atoms with Gasteiger partial charge in [-0.2, -0.15) is 0 Å².